The second-order valence-corrected chi connectivity index (χ2v) is 9.43. The van der Waals surface area contributed by atoms with Gasteiger partial charge in [-0.25, -0.2) is 8.78 Å². The van der Waals surface area contributed by atoms with Gasteiger partial charge in [-0.3, -0.25) is 19.2 Å². The molecule has 2 heterocycles. The van der Waals surface area contributed by atoms with Gasteiger partial charge in [-0.15, -0.1) is 0 Å². The van der Waals surface area contributed by atoms with E-state index in [1.54, 1.807) is 0 Å². The van der Waals surface area contributed by atoms with Gasteiger partial charge in [0, 0.05) is 13.1 Å². The molecule has 0 aromatic heterocycles. The topological polar surface area (TPSA) is 74.8 Å². The molecule has 0 fully saturated rings. The number of unbranched alkanes of at least 4 members (excludes halogenated alkanes) is 9. The molecule has 0 bridgehead atoms. The van der Waals surface area contributed by atoms with Crippen LogP contribution in [0.1, 0.15) is 84.9 Å². The lowest BCUT2D eigenvalue weighted by Crippen LogP contribution is -2.30. The van der Waals surface area contributed by atoms with Crippen molar-refractivity contribution in [3.05, 3.63) is 59.2 Å². The van der Waals surface area contributed by atoms with E-state index in [4.69, 9.17) is 0 Å². The molecule has 2 aliphatic heterocycles. The summed E-state index contributed by atoms with van der Waals surface area (Å²) >= 11 is 0. The van der Waals surface area contributed by atoms with Gasteiger partial charge in [0.05, 0.1) is 22.5 Å². The van der Waals surface area contributed by atoms with Gasteiger partial charge in [-0.2, -0.15) is 0 Å². The van der Waals surface area contributed by atoms with E-state index in [1.807, 2.05) is 0 Å². The Bertz CT molecular complexity index is 1090. The number of benzene rings is 2. The fourth-order valence-electron chi connectivity index (χ4n) is 4.94. The molecule has 36 heavy (non-hydrogen) atoms. The first kappa shape index (κ1) is 25.7. The Morgan fingerprint density at radius 1 is 0.500 bits per heavy atom. The van der Waals surface area contributed by atoms with E-state index in [2.05, 4.69) is 0 Å². The molecular weight excluding hydrogens is 466 g/mol. The zero-order valence-corrected chi connectivity index (χ0v) is 20.2. The van der Waals surface area contributed by atoms with Crippen LogP contribution in [-0.4, -0.2) is 36.5 Å². The first-order valence-electron chi connectivity index (χ1n) is 12.7. The maximum absolute atomic E-state index is 13.4. The molecule has 190 valence electrons. The highest BCUT2D eigenvalue weighted by Gasteiger charge is 2.36. The Balaban J connectivity index is 1.04. The van der Waals surface area contributed by atoms with Crippen molar-refractivity contribution >= 4 is 34.8 Å². The van der Waals surface area contributed by atoms with Gasteiger partial charge in [0.15, 0.2) is 0 Å². The number of rotatable bonds is 13. The summed E-state index contributed by atoms with van der Waals surface area (Å²) in [4.78, 5) is 51.3. The molecule has 0 aliphatic carbocycles. The normalized spacial score (nSPS) is 14.7. The number of amides is 2. The van der Waals surface area contributed by atoms with Crippen molar-refractivity contribution in [2.24, 2.45) is 0 Å². The first-order valence-corrected chi connectivity index (χ1v) is 12.7. The predicted molar refractivity (Wildman–Crippen MR) is 132 cm³/mol. The van der Waals surface area contributed by atoms with Gasteiger partial charge >= 0.3 is 0 Å². The Labute approximate surface area is 209 Å². The van der Waals surface area contributed by atoms with Crippen LogP contribution in [0, 0.1) is 11.6 Å². The monoisotopic (exact) mass is 496 g/mol. The molecule has 0 radical (unpaired) electrons. The molecular formula is C28H30F2N2O4. The molecule has 4 rings (SSSR count). The number of hydrogen-bond donors (Lipinski definition) is 0. The van der Waals surface area contributed by atoms with Crippen LogP contribution in [-0.2, 0) is 9.59 Å². The average molecular weight is 497 g/mol. The maximum Gasteiger partial charge on any atom is 0.299 e. The number of hydrogen-bond acceptors (Lipinski definition) is 4. The molecule has 0 spiro atoms. The summed E-state index contributed by atoms with van der Waals surface area (Å²) < 4.78 is 26.7. The third-order valence-electron chi connectivity index (χ3n) is 6.88. The van der Waals surface area contributed by atoms with Crippen LogP contribution < -0.4 is 9.80 Å². The van der Waals surface area contributed by atoms with E-state index in [0.717, 1.165) is 76.3 Å². The van der Waals surface area contributed by atoms with E-state index >= 15 is 0 Å². The smallest absolute Gasteiger partial charge is 0.299 e. The number of carbonyl (C=O) groups is 4. The third kappa shape index (κ3) is 5.53. The summed E-state index contributed by atoms with van der Waals surface area (Å²) in [6.45, 7) is 0.932. The fraction of sp³-hybridized carbons (Fsp3) is 0.429. The van der Waals surface area contributed by atoms with Crippen molar-refractivity contribution in [1.29, 1.82) is 0 Å². The van der Waals surface area contributed by atoms with E-state index in [-0.39, 0.29) is 11.1 Å². The molecule has 8 heteroatoms. The number of Topliss-reactive ketones (excluding diaryl/α,β-unsaturated/α-hetero) is 2. The van der Waals surface area contributed by atoms with E-state index in [0.29, 0.717) is 24.5 Å². The zero-order valence-electron chi connectivity index (χ0n) is 20.2. The standard InChI is InChI=1S/C28H30F2N2O4/c29-19-11-13-23-21(17-19)25(33)27(35)31(23)15-9-7-5-3-1-2-4-6-8-10-16-32-24-14-12-20(30)18-22(24)26(34)28(32)36/h11-14,17-18H,1-10,15-16H2. The average Bonchev–Trinajstić information content (AvgIpc) is 3.24. The first-order chi connectivity index (χ1) is 17.4. The quantitative estimate of drug-likeness (QED) is 0.266. The Kier molecular flexibility index (Phi) is 8.23. The summed E-state index contributed by atoms with van der Waals surface area (Å²) in [5.41, 5.74) is 1.32. The van der Waals surface area contributed by atoms with E-state index in [9.17, 15) is 28.0 Å². The van der Waals surface area contributed by atoms with Crippen LogP contribution in [0.4, 0.5) is 20.2 Å². The summed E-state index contributed by atoms with van der Waals surface area (Å²) in [6, 6.07) is 7.79. The molecule has 2 aliphatic rings. The van der Waals surface area contributed by atoms with Crippen molar-refractivity contribution in [2.75, 3.05) is 22.9 Å². The van der Waals surface area contributed by atoms with Crippen LogP contribution in [0.5, 0.6) is 0 Å². The molecule has 2 amide bonds. The van der Waals surface area contributed by atoms with Crippen molar-refractivity contribution < 1.29 is 28.0 Å². The minimum absolute atomic E-state index is 0.153. The summed E-state index contributed by atoms with van der Waals surface area (Å²) in [5.74, 6) is -3.45. The van der Waals surface area contributed by atoms with E-state index < -0.39 is 35.0 Å². The van der Waals surface area contributed by atoms with Crippen molar-refractivity contribution in [3.8, 4) is 0 Å². The summed E-state index contributed by atoms with van der Waals surface area (Å²) in [5, 5.41) is 0. The summed E-state index contributed by atoms with van der Waals surface area (Å²) in [6.07, 6.45) is 10.1. The molecule has 6 nitrogen and oxygen atoms in total. The molecule has 0 saturated carbocycles. The maximum atomic E-state index is 13.4. The molecule has 0 unspecified atom stereocenters. The fourth-order valence-corrected chi connectivity index (χ4v) is 4.94. The molecule has 2 aromatic carbocycles. The second-order valence-electron chi connectivity index (χ2n) is 9.43. The van der Waals surface area contributed by atoms with Crippen molar-refractivity contribution in [3.63, 3.8) is 0 Å². The lowest BCUT2D eigenvalue weighted by Gasteiger charge is -2.16. The molecule has 0 saturated heterocycles. The highest BCUT2D eigenvalue weighted by Crippen LogP contribution is 2.31. The van der Waals surface area contributed by atoms with Crippen molar-refractivity contribution in [1.82, 2.24) is 0 Å². The Morgan fingerprint density at radius 2 is 0.833 bits per heavy atom. The van der Waals surface area contributed by atoms with Crippen LogP contribution in [0.2, 0.25) is 0 Å². The highest BCUT2D eigenvalue weighted by atomic mass is 19.1. The number of halogens is 2. The predicted octanol–water partition coefficient (Wildman–Crippen LogP) is 5.62. The number of nitrogens with zero attached hydrogens (tertiary/aromatic N) is 2. The van der Waals surface area contributed by atoms with Crippen LogP contribution in [0.15, 0.2) is 36.4 Å². The minimum Gasteiger partial charge on any atom is -0.305 e. The van der Waals surface area contributed by atoms with Gasteiger partial charge in [-0.1, -0.05) is 51.4 Å². The van der Waals surface area contributed by atoms with Gasteiger partial charge in [0.25, 0.3) is 23.4 Å². The zero-order chi connectivity index (χ0) is 25.7. The van der Waals surface area contributed by atoms with Gasteiger partial charge in [0.2, 0.25) is 0 Å². The SMILES string of the molecule is O=C1C(=O)N(CCCCCCCCCCCCN2C(=O)C(=O)c3cc(F)ccc32)c2ccc(F)cc21. The molecule has 2 aromatic rings. The van der Waals surface area contributed by atoms with Crippen LogP contribution in [0.3, 0.4) is 0 Å². The molecule has 0 N–H and O–H groups in total. The summed E-state index contributed by atoms with van der Waals surface area (Å²) in [7, 11) is 0. The van der Waals surface area contributed by atoms with Gasteiger partial charge in [-0.05, 0) is 49.2 Å². The minimum atomic E-state index is -0.634. The lowest BCUT2D eigenvalue weighted by atomic mass is 10.1. The van der Waals surface area contributed by atoms with Crippen molar-refractivity contribution in [2.45, 2.75) is 64.2 Å². The van der Waals surface area contributed by atoms with Gasteiger partial charge in [0.1, 0.15) is 11.6 Å². The number of ketones is 2. The number of carbonyl (C=O) groups excluding carboxylic acids is 4. The largest absolute Gasteiger partial charge is 0.305 e. The Morgan fingerprint density at radius 3 is 1.19 bits per heavy atom. The highest BCUT2D eigenvalue weighted by molar-refractivity contribution is 6.52. The number of anilines is 2. The van der Waals surface area contributed by atoms with Crippen LogP contribution in [0.25, 0.3) is 0 Å². The Hall–Kier alpha value is -3.42. The van der Waals surface area contributed by atoms with E-state index in [1.165, 1.54) is 34.1 Å². The molecule has 0 atom stereocenters. The number of fused-ring (bicyclic) bond motifs is 2. The lowest BCUT2D eigenvalue weighted by molar-refractivity contribution is -0.114. The third-order valence-corrected chi connectivity index (χ3v) is 6.88. The van der Waals surface area contributed by atoms with Gasteiger partial charge < -0.3 is 9.80 Å². The second kappa shape index (κ2) is 11.5. The van der Waals surface area contributed by atoms with Crippen LogP contribution >= 0.6 is 0 Å².